The van der Waals surface area contributed by atoms with E-state index in [1.165, 1.54) is 40.9 Å². The maximum atomic E-state index is 13.5. The topological polar surface area (TPSA) is 94.3 Å². The van der Waals surface area contributed by atoms with Crippen LogP contribution in [0, 0.1) is 5.92 Å². The highest BCUT2D eigenvalue weighted by molar-refractivity contribution is 7.21. The molecule has 3 N–H and O–H groups in total. The molecule has 0 bridgehead atoms. The molecule has 0 aliphatic heterocycles. The molecule has 0 spiro atoms. The average molecular weight is 532 g/mol. The normalized spacial score (nSPS) is 18.8. The Bertz CT molecular complexity index is 1520. The van der Waals surface area contributed by atoms with Crippen molar-refractivity contribution >= 4 is 55.5 Å². The highest BCUT2D eigenvalue weighted by atomic mass is 32.1. The second kappa shape index (κ2) is 9.58. The van der Waals surface area contributed by atoms with Crippen LogP contribution in [-0.2, 0) is 30.4 Å². The molecule has 8 heteroatoms. The molecule has 0 radical (unpaired) electrons. The van der Waals surface area contributed by atoms with Crippen molar-refractivity contribution in [2.75, 3.05) is 18.2 Å². The lowest BCUT2D eigenvalue weighted by atomic mass is 9.83. The van der Waals surface area contributed by atoms with E-state index in [9.17, 15) is 9.59 Å². The fourth-order valence-electron chi connectivity index (χ4n) is 5.70. The van der Waals surface area contributed by atoms with Crippen LogP contribution in [0.4, 0.5) is 10.7 Å². The molecule has 6 rings (SSSR count). The monoisotopic (exact) mass is 531 g/mol. The van der Waals surface area contributed by atoms with Crippen molar-refractivity contribution in [3.63, 3.8) is 0 Å². The van der Waals surface area contributed by atoms with E-state index in [1.807, 2.05) is 6.07 Å². The summed E-state index contributed by atoms with van der Waals surface area (Å²) in [6.45, 7) is 2.25. The molecule has 4 aromatic rings. The summed E-state index contributed by atoms with van der Waals surface area (Å²) in [5.74, 6) is 0.283. The molecule has 37 heavy (non-hydrogen) atoms. The number of hydrogen-bond acceptors (Lipinski definition) is 7. The van der Waals surface area contributed by atoms with E-state index in [2.05, 4.69) is 42.6 Å². The first kappa shape index (κ1) is 24.1. The molecule has 190 valence electrons. The zero-order valence-corrected chi connectivity index (χ0v) is 22.6. The number of amides is 1. The molecule has 6 nitrogen and oxygen atoms in total. The fraction of sp³-hybridized carbons (Fsp3) is 0.345. The number of methoxy groups -OCH3 is 1. The standard InChI is InChI=1S/C29H29N3O3S2/c1-15-8-11-21-18(12-15)13-20-24(30)25(37-27(20)31-21)26(33)32-28-23(29(34)35-2)19-10-9-17(14-22(19)36-28)16-6-4-3-5-7-16/h3-7,13,15,17H,8-12,14,30H2,1-2H3,(H,32,33). The van der Waals surface area contributed by atoms with Crippen LogP contribution in [0.25, 0.3) is 10.2 Å². The third-order valence-corrected chi connectivity index (χ3v) is 9.97. The molecule has 0 fully saturated rings. The number of aromatic nitrogens is 1. The molecule has 3 heterocycles. The number of nitrogens with one attached hydrogen (secondary N) is 1. The Labute approximate surface area is 223 Å². The summed E-state index contributed by atoms with van der Waals surface area (Å²) >= 11 is 2.79. The van der Waals surface area contributed by atoms with Gasteiger partial charge in [-0.3, -0.25) is 4.79 Å². The van der Waals surface area contributed by atoms with Gasteiger partial charge in [-0.2, -0.15) is 0 Å². The molecule has 1 aromatic carbocycles. The smallest absolute Gasteiger partial charge is 0.341 e. The van der Waals surface area contributed by atoms with Crippen molar-refractivity contribution in [3.05, 3.63) is 74.1 Å². The number of thiophene rings is 2. The van der Waals surface area contributed by atoms with Crippen LogP contribution in [-0.4, -0.2) is 24.0 Å². The van der Waals surface area contributed by atoms with Crippen molar-refractivity contribution in [1.29, 1.82) is 0 Å². The van der Waals surface area contributed by atoms with Gasteiger partial charge in [0, 0.05) is 16.0 Å². The number of anilines is 2. The van der Waals surface area contributed by atoms with Crippen molar-refractivity contribution in [3.8, 4) is 0 Å². The molecule has 1 amide bonds. The zero-order chi connectivity index (χ0) is 25.7. The van der Waals surface area contributed by atoms with Gasteiger partial charge >= 0.3 is 5.97 Å². The van der Waals surface area contributed by atoms with Crippen LogP contribution in [0.2, 0.25) is 0 Å². The van der Waals surface area contributed by atoms with Gasteiger partial charge in [0.25, 0.3) is 5.91 Å². The molecule has 0 saturated carbocycles. The van der Waals surface area contributed by atoms with Crippen molar-refractivity contribution in [2.24, 2.45) is 5.92 Å². The lowest BCUT2D eigenvalue weighted by Gasteiger charge is -2.22. The maximum absolute atomic E-state index is 13.5. The van der Waals surface area contributed by atoms with Gasteiger partial charge in [-0.1, -0.05) is 37.3 Å². The van der Waals surface area contributed by atoms with E-state index in [-0.39, 0.29) is 5.91 Å². The number of fused-ring (bicyclic) bond motifs is 3. The van der Waals surface area contributed by atoms with Crippen molar-refractivity contribution < 1.29 is 14.3 Å². The Hall–Kier alpha value is -3.23. The SMILES string of the molecule is COC(=O)c1c(NC(=O)c2sc3nc4c(cc3c2N)CC(C)CC4)sc2c1CCC(c1ccccc1)C2. The number of aryl methyl sites for hydroxylation is 1. The molecule has 2 aliphatic carbocycles. The van der Waals surface area contributed by atoms with Crippen LogP contribution in [0.15, 0.2) is 36.4 Å². The molecular formula is C29H29N3O3S2. The largest absolute Gasteiger partial charge is 0.465 e. The number of carbonyl (C=O) groups excluding carboxylic acids is 2. The summed E-state index contributed by atoms with van der Waals surface area (Å²) in [7, 11) is 1.38. The minimum Gasteiger partial charge on any atom is -0.465 e. The second-order valence-corrected chi connectivity index (χ2v) is 12.2. The number of nitrogens with zero attached hydrogens (tertiary/aromatic N) is 1. The number of ether oxygens (including phenoxy) is 1. The van der Waals surface area contributed by atoms with Crippen LogP contribution in [0.3, 0.4) is 0 Å². The number of rotatable bonds is 4. The number of carbonyl (C=O) groups is 2. The highest BCUT2D eigenvalue weighted by Crippen LogP contribution is 2.43. The lowest BCUT2D eigenvalue weighted by Crippen LogP contribution is -2.16. The molecule has 2 aliphatic rings. The van der Waals surface area contributed by atoms with Gasteiger partial charge in [-0.15, -0.1) is 22.7 Å². The van der Waals surface area contributed by atoms with Crippen LogP contribution >= 0.6 is 22.7 Å². The molecular weight excluding hydrogens is 502 g/mol. The van der Waals surface area contributed by atoms with E-state index in [0.717, 1.165) is 64.9 Å². The molecule has 3 aromatic heterocycles. The van der Waals surface area contributed by atoms with E-state index < -0.39 is 5.97 Å². The average Bonchev–Trinajstić information content (AvgIpc) is 3.43. The Balaban J connectivity index is 1.32. The predicted molar refractivity (Wildman–Crippen MR) is 150 cm³/mol. The number of hydrogen-bond donors (Lipinski definition) is 2. The van der Waals surface area contributed by atoms with E-state index in [1.54, 1.807) is 0 Å². The van der Waals surface area contributed by atoms with Gasteiger partial charge in [-0.25, -0.2) is 9.78 Å². The van der Waals surface area contributed by atoms with Crippen LogP contribution in [0.1, 0.15) is 73.0 Å². The van der Waals surface area contributed by atoms with E-state index in [4.69, 9.17) is 15.5 Å². The van der Waals surface area contributed by atoms with Gasteiger partial charge in [0.05, 0.1) is 18.4 Å². The zero-order valence-electron chi connectivity index (χ0n) is 20.9. The number of benzene rings is 1. The van der Waals surface area contributed by atoms with Gasteiger partial charge in [0.2, 0.25) is 0 Å². The maximum Gasteiger partial charge on any atom is 0.341 e. The Kier molecular flexibility index (Phi) is 6.24. The van der Waals surface area contributed by atoms with Gasteiger partial charge in [0.1, 0.15) is 14.7 Å². The fourth-order valence-corrected chi connectivity index (χ4v) is 8.00. The quantitative estimate of drug-likeness (QED) is 0.298. The van der Waals surface area contributed by atoms with E-state index in [0.29, 0.717) is 33.0 Å². The molecule has 2 atom stereocenters. The summed E-state index contributed by atoms with van der Waals surface area (Å²) in [6, 6.07) is 12.6. The Morgan fingerprint density at radius 3 is 2.70 bits per heavy atom. The van der Waals surface area contributed by atoms with Gasteiger partial charge < -0.3 is 15.8 Å². The lowest BCUT2D eigenvalue weighted by molar-refractivity contribution is 0.0601. The Morgan fingerprint density at radius 1 is 1.11 bits per heavy atom. The molecule has 2 unspecified atom stereocenters. The summed E-state index contributed by atoms with van der Waals surface area (Å²) in [4.78, 5) is 33.5. The second-order valence-electron chi connectivity index (χ2n) is 10.1. The summed E-state index contributed by atoms with van der Waals surface area (Å²) in [5, 5.41) is 4.39. The van der Waals surface area contributed by atoms with Crippen LogP contribution < -0.4 is 11.1 Å². The van der Waals surface area contributed by atoms with Gasteiger partial charge in [-0.05, 0) is 73.1 Å². The summed E-state index contributed by atoms with van der Waals surface area (Å²) in [5.41, 5.74) is 12.1. The first-order valence-electron chi connectivity index (χ1n) is 12.7. The van der Waals surface area contributed by atoms with Crippen molar-refractivity contribution in [1.82, 2.24) is 4.98 Å². The number of pyridine rings is 1. The third-order valence-electron chi connectivity index (χ3n) is 7.69. The van der Waals surface area contributed by atoms with Gasteiger partial charge in [0.15, 0.2) is 0 Å². The summed E-state index contributed by atoms with van der Waals surface area (Å²) in [6.07, 6.45) is 5.63. The third kappa shape index (κ3) is 4.32. The number of esters is 1. The molecule has 0 saturated heterocycles. The predicted octanol–water partition coefficient (Wildman–Crippen LogP) is 6.38. The minimum atomic E-state index is -0.418. The van der Waals surface area contributed by atoms with E-state index >= 15 is 0 Å². The number of nitrogens with two attached hydrogens (primary N) is 1. The highest BCUT2D eigenvalue weighted by Gasteiger charge is 2.31. The number of nitrogen functional groups attached to an aromatic ring is 1. The summed E-state index contributed by atoms with van der Waals surface area (Å²) < 4.78 is 5.12. The van der Waals surface area contributed by atoms with Crippen molar-refractivity contribution in [2.45, 2.75) is 51.4 Å². The van der Waals surface area contributed by atoms with Crippen LogP contribution in [0.5, 0.6) is 0 Å². The first-order chi connectivity index (χ1) is 17.9. The Morgan fingerprint density at radius 2 is 1.92 bits per heavy atom. The minimum absolute atomic E-state index is 0.310. The first-order valence-corrected chi connectivity index (χ1v) is 14.4.